The Morgan fingerprint density at radius 3 is 2.89 bits per heavy atom. The van der Waals surface area contributed by atoms with Gasteiger partial charge in [0.2, 0.25) is 5.88 Å². The van der Waals surface area contributed by atoms with Crippen LogP contribution < -0.4 is 15.4 Å². The van der Waals surface area contributed by atoms with E-state index >= 15 is 0 Å². The van der Waals surface area contributed by atoms with E-state index in [0.717, 1.165) is 42.6 Å². The van der Waals surface area contributed by atoms with Crippen LogP contribution in [-0.2, 0) is 13.6 Å². The van der Waals surface area contributed by atoms with Crippen molar-refractivity contribution in [2.75, 3.05) is 20.2 Å². The first-order valence-corrected chi connectivity index (χ1v) is 5.81. The molecule has 0 bridgehead atoms. The Bertz CT molecular complexity index is 429. The van der Waals surface area contributed by atoms with Crippen molar-refractivity contribution in [2.24, 2.45) is 12.0 Å². The minimum Gasteiger partial charge on any atom is -0.481 e. The zero-order valence-corrected chi connectivity index (χ0v) is 13.3. The summed E-state index contributed by atoms with van der Waals surface area (Å²) < 4.78 is 7.09. The van der Waals surface area contributed by atoms with Crippen molar-refractivity contribution in [1.29, 1.82) is 0 Å². The number of ether oxygens (including phenoxy) is 1. The molecule has 102 valence electrons. The van der Waals surface area contributed by atoms with Crippen molar-refractivity contribution in [1.82, 2.24) is 20.4 Å². The maximum Gasteiger partial charge on any atom is 0.216 e. The van der Waals surface area contributed by atoms with Crippen molar-refractivity contribution in [2.45, 2.75) is 19.9 Å². The number of aryl methyl sites for hydroxylation is 2. The molecule has 2 rings (SSSR count). The largest absolute Gasteiger partial charge is 0.481 e. The van der Waals surface area contributed by atoms with Crippen molar-refractivity contribution < 1.29 is 4.74 Å². The topological polar surface area (TPSA) is 63.5 Å². The van der Waals surface area contributed by atoms with Gasteiger partial charge in [0.25, 0.3) is 0 Å². The Morgan fingerprint density at radius 1 is 1.50 bits per heavy atom. The van der Waals surface area contributed by atoms with Crippen molar-refractivity contribution in [3.05, 3.63) is 11.3 Å². The quantitative estimate of drug-likeness (QED) is 0.778. The fourth-order valence-corrected chi connectivity index (χ4v) is 1.96. The molecule has 18 heavy (non-hydrogen) atoms. The van der Waals surface area contributed by atoms with Gasteiger partial charge in [0.1, 0.15) is 0 Å². The molecule has 0 saturated heterocycles. The maximum absolute atomic E-state index is 5.34. The van der Waals surface area contributed by atoms with Gasteiger partial charge in [-0.15, -0.1) is 24.0 Å². The number of aromatic nitrogens is 2. The molecule has 0 aromatic carbocycles. The Hall–Kier alpha value is -0.990. The van der Waals surface area contributed by atoms with E-state index in [1.165, 1.54) is 0 Å². The molecule has 0 unspecified atom stereocenters. The second-order valence-electron chi connectivity index (χ2n) is 4.06. The predicted molar refractivity (Wildman–Crippen MR) is 81.7 cm³/mol. The van der Waals surface area contributed by atoms with Crippen LogP contribution in [0.15, 0.2) is 4.99 Å². The highest BCUT2D eigenvalue weighted by Crippen LogP contribution is 2.20. The average molecular weight is 365 g/mol. The summed E-state index contributed by atoms with van der Waals surface area (Å²) in [5, 5.41) is 10.8. The monoisotopic (exact) mass is 365 g/mol. The van der Waals surface area contributed by atoms with E-state index in [1.54, 1.807) is 11.8 Å². The molecule has 1 aliphatic heterocycles. The summed E-state index contributed by atoms with van der Waals surface area (Å²) in [5.74, 6) is 1.66. The van der Waals surface area contributed by atoms with Gasteiger partial charge in [0.05, 0.1) is 24.9 Å². The van der Waals surface area contributed by atoms with Gasteiger partial charge in [-0.2, -0.15) is 5.10 Å². The molecule has 0 fully saturated rings. The van der Waals surface area contributed by atoms with Gasteiger partial charge in [0, 0.05) is 20.1 Å². The smallest absolute Gasteiger partial charge is 0.216 e. The minimum absolute atomic E-state index is 0. The molecule has 1 aromatic rings. The summed E-state index contributed by atoms with van der Waals surface area (Å²) in [6.07, 6.45) is 1.10. The summed E-state index contributed by atoms with van der Waals surface area (Å²) in [4.78, 5) is 4.36. The molecule has 2 heterocycles. The number of hydrogen-bond donors (Lipinski definition) is 2. The third kappa shape index (κ3) is 3.27. The number of hydrogen-bond acceptors (Lipinski definition) is 5. The zero-order chi connectivity index (χ0) is 12.3. The molecule has 7 heteroatoms. The molecular formula is C11H20IN5O. The van der Waals surface area contributed by atoms with Gasteiger partial charge in [-0.25, -0.2) is 4.68 Å². The fourth-order valence-electron chi connectivity index (χ4n) is 1.96. The molecule has 0 amide bonds. The third-order valence-electron chi connectivity index (χ3n) is 2.81. The first-order valence-electron chi connectivity index (χ1n) is 5.81. The summed E-state index contributed by atoms with van der Waals surface area (Å²) in [6, 6.07) is 0. The molecule has 2 N–H and O–H groups in total. The number of halogens is 1. The summed E-state index contributed by atoms with van der Waals surface area (Å²) >= 11 is 0. The number of nitrogens with zero attached hydrogens (tertiary/aromatic N) is 3. The van der Waals surface area contributed by atoms with Crippen LogP contribution in [0.5, 0.6) is 5.88 Å². The van der Waals surface area contributed by atoms with E-state index < -0.39 is 0 Å². The Morgan fingerprint density at radius 2 is 2.28 bits per heavy atom. The molecule has 0 atom stereocenters. The van der Waals surface area contributed by atoms with Gasteiger partial charge in [-0.1, -0.05) is 0 Å². The Labute approximate surface area is 124 Å². The van der Waals surface area contributed by atoms with E-state index in [4.69, 9.17) is 4.74 Å². The van der Waals surface area contributed by atoms with Crippen molar-refractivity contribution in [3.63, 3.8) is 0 Å². The average Bonchev–Trinajstić information content (AvgIpc) is 2.62. The molecule has 1 aliphatic rings. The van der Waals surface area contributed by atoms with Crippen LogP contribution in [0.3, 0.4) is 0 Å². The van der Waals surface area contributed by atoms with Crippen molar-refractivity contribution in [3.8, 4) is 5.88 Å². The van der Waals surface area contributed by atoms with E-state index in [9.17, 15) is 0 Å². The molecule has 0 aliphatic carbocycles. The van der Waals surface area contributed by atoms with Crippen molar-refractivity contribution >= 4 is 29.9 Å². The molecule has 1 aromatic heterocycles. The van der Waals surface area contributed by atoms with Gasteiger partial charge < -0.3 is 15.4 Å². The lowest BCUT2D eigenvalue weighted by Gasteiger charge is -2.16. The lowest BCUT2D eigenvalue weighted by Crippen LogP contribution is -2.40. The van der Waals surface area contributed by atoms with E-state index in [0.29, 0.717) is 6.54 Å². The Kier molecular flexibility index (Phi) is 5.70. The molecule has 0 radical (unpaired) electrons. The zero-order valence-electron chi connectivity index (χ0n) is 11.0. The van der Waals surface area contributed by atoms with Crippen LogP contribution in [0.1, 0.15) is 17.7 Å². The van der Waals surface area contributed by atoms with E-state index in [1.807, 2.05) is 14.0 Å². The highest BCUT2D eigenvalue weighted by molar-refractivity contribution is 14.0. The normalized spacial score (nSPS) is 14.3. The van der Waals surface area contributed by atoms with E-state index in [2.05, 4.69) is 20.7 Å². The first-order chi connectivity index (χ1) is 8.22. The predicted octanol–water partition coefficient (Wildman–Crippen LogP) is 0.794. The van der Waals surface area contributed by atoms with Crippen LogP contribution >= 0.6 is 24.0 Å². The maximum atomic E-state index is 5.34. The second kappa shape index (κ2) is 6.81. The highest BCUT2D eigenvalue weighted by Gasteiger charge is 2.14. The number of guanidine groups is 1. The highest BCUT2D eigenvalue weighted by atomic mass is 127. The lowest BCUT2D eigenvalue weighted by molar-refractivity contribution is 0.369. The molecule has 6 nitrogen and oxygen atoms in total. The summed E-state index contributed by atoms with van der Waals surface area (Å²) in [6.45, 7) is 4.53. The number of aliphatic imine (C=N–C) groups is 1. The van der Waals surface area contributed by atoms with E-state index in [-0.39, 0.29) is 24.0 Å². The fraction of sp³-hybridized carbons (Fsp3) is 0.636. The lowest BCUT2D eigenvalue weighted by atomic mass is 10.2. The first kappa shape index (κ1) is 15.1. The van der Waals surface area contributed by atoms with Crippen LogP contribution in [0.25, 0.3) is 0 Å². The molecule has 0 spiro atoms. The van der Waals surface area contributed by atoms with Crippen LogP contribution in [0.4, 0.5) is 0 Å². The summed E-state index contributed by atoms with van der Waals surface area (Å²) in [7, 11) is 3.54. The van der Waals surface area contributed by atoms with Crippen LogP contribution in [0.2, 0.25) is 0 Å². The second-order valence-corrected chi connectivity index (χ2v) is 4.06. The number of methoxy groups -OCH3 is 1. The van der Waals surface area contributed by atoms with Gasteiger partial charge in [-0.05, 0) is 13.3 Å². The van der Waals surface area contributed by atoms with Gasteiger partial charge >= 0.3 is 0 Å². The molecule has 0 saturated carbocycles. The third-order valence-corrected chi connectivity index (χ3v) is 2.81. The standard InChI is InChI=1S/C11H19N5O.HI/c1-8-9(10(17-3)16(2)15-8)7-14-11-12-5-4-6-13-11;/h4-7H2,1-3H3,(H2,12,13,14);1H. The number of rotatable bonds is 3. The molecular weight excluding hydrogens is 345 g/mol. The summed E-state index contributed by atoms with van der Waals surface area (Å²) in [5.41, 5.74) is 2.05. The van der Waals surface area contributed by atoms with Crippen LogP contribution in [-0.4, -0.2) is 35.9 Å². The number of nitrogens with one attached hydrogen (secondary N) is 2. The van der Waals surface area contributed by atoms with Gasteiger partial charge in [0.15, 0.2) is 5.96 Å². The van der Waals surface area contributed by atoms with Crippen LogP contribution in [0, 0.1) is 6.92 Å². The Balaban J connectivity index is 0.00000162. The SMILES string of the molecule is COc1c(CNC2=NCCCN2)c(C)nn1C.I. The minimum atomic E-state index is 0. The van der Waals surface area contributed by atoms with Gasteiger partial charge in [-0.3, -0.25) is 4.99 Å².